The molecular formula is C14H21NO4. The number of ether oxygens (including phenoxy) is 3. The van der Waals surface area contributed by atoms with Crippen LogP contribution in [0.25, 0.3) is 0 Å². The van der Waals surface area contributed by atoms with E-state index in [4.69, 9.17) is 19.9 Å². The van der Waals surface area contributed by atoms with Gasteiger partial charge in [0.05, 0.1) is 6.61 Å². The first-order chi connectivity index (χ1) is 9.15. The SMILES string of the molecule is COCCCOCCOc1ccc(C(C)=O)c(N)c1. The molecule has 0 radical (unpaired) electrons. The van der Waals surface area contributed by atoms with E-state index in [1.165, 1.54) is 6.92 Å². The Bertz CT molecular complexity index is 406. The molecule has 5 nitrogen and oxygen atoms in total. The molecule has 0 aromatic heterocycles. The summed E-state index contributed by atoms with van der Waals surface area (Å²) < 4.78 is 15.7. The highest BCUT2D eigenvalue weighted by Gasteiger charge is 2.05. The second-order valence-corrected chi connectivity index (χ2v) is 4.11. The van der Waals surface area contributed by atoms with Crippen LogP contribution in [-0.4, -0.2) is 39.3 Å². The summed E-state index contributed by atoms with van der Waals surface area (Å²) in [4.78, 5) is 11.2. The van der Waals surface area contributed by atoms with Gasteiger partial charge in [0.2, 0.25) is 0 Å². The van der Waals surface area contributed by atoms with Crippen LogP contribution < -0.4 is 10.5 Å². The molecule has 0 aliphatic rings. The molecule has 0 saturated carbocycles. The van der Waals surface area contributed by atoms with E-state index in [-0.39, 0.29) is 5.78 Å². The molecule has 0 amide bonds. The minimum Gasteiger partial charge on any atom is -0.491 e. The van der Waals surface area contributed by atoms with Gasteiger partial charge in [-0.05, 0) is 25.5 Å². The van der Waals surface area contributed by atoms with E-state index >= 15 is 0 Å². The van der Waals surface area contributed by atoms with Gasteiger partial charge in [-0.1, -0.05) is 0 Å². The Balaban J connectivity index is 2.26. The molecule has 1 rings (SSSR count). The maximum Gasteiger partial charge on any atom is 0.161 e. The number of rotatable bonds is 9. The predicted octanol–water partition coefficient (Wildman–Crippen LogP) is 1.90. The summed E-state index contributed by atoms with van der Waals surface area (Å²) in [5, 5.41) is 0. The normalized spacial score (nSPS) is 10.4. The maximum atomic E-state index is 11.2. The molecule has 0 aliphatic carbocycles. The third kappa shape index (κ3) is 5.72. The van der Waals surface area contributed by atoms with Gasteiger partial charge in [-0.2, -0.15) is 0 Å². The minimum absolute atomic E-state index is 0.0504. The standard InChI is InChI=1S/C14H21NO4/c1-11(16)13-5-4-12(10-14(13)15)19-9-8-18-7-3-6-17-2/h4-5,10H,3,6-9,15H2,1-2H3. The number of carbonyl (C=O) groups is 1. The lowest BCUT2D eigenvalue weighted by atomic mass is 10.1. The van der Waals surface area contributed by atoms with Gasteiger partial charge in [-0.15, -0.1) is 0 Å². The Morgan fingerprint density at radius 3 is 2.63 bits per heavy atom. The smallest absolute Gasteiger partial charge is 0.161 e. The summed E-state index contributed by atoms with van der Waals surface area (Å²) in [5.74, 6) is 0.591. The Morgan fingerprint density at radius 1 is 1.21 bits per heavy atom. The maximum absolute atomic E-state index is 11.2. The van der Waals surface area contributed by atoms with Crippen molar-refractivity contribution < 1.29 is 19.0 Å². The zero-order valence-corrected chi connectivity index (χ0v) is 11.5. The van der Waals surface area contributed by atoms with Crippen LogP contribution in [0, 0.1) is 0 Å². The van der Waals surface area contributed by atoms with E-state index in [2.05, 4.69) is 0 Å². The second-order valence-electron chi connectivity index (χ2n) is 4.11. The van der Waals surface area contributed by atoms with Crippen LogP contribution >= 0.6 is 0 Å². The molecule has 0 saturated heterocycles. The quantitative estimate of drug-likeness (QED) is 0.420. The Morgan fingerprint density at radius 2 is 2.00 bits per heavy atom. The molecule has 5 heteroatoms. The van der Waals surface area contributed by atoms with Gasteiger partial charge in [0.1, 0.15) is 12.4 Å². The van der Waals surface area contributed by atoms with E-state index in [0.29, 0.717) is 43.4 Å². The van der Waals surface area contributed by atoms with Crippen molar-refractivity contribution >= 4 is 11.5 Å². The molecule has 0 bridgehead atoms. The molecule has 19 heavy (non-hydrogen) atoms. The number of nitrogen functional groups attached to an aromatic ring is 1. The molecule has 1 aromatic carbocycles. The summed E-state index contributed by atoms with van der Waals surface area (Å²) in [6.45, 7) is 3.80. The molecule has 0 unspecified atom stereocenters. The molecule has 2 N–H and O–H groups in total. The number of nitrogens with two attached hydrogens (primary N) is 1. The molecular weight excluding hydrogens is 246 g/mol. The fourth-order valence-corrected chi connectivity index (χ4v) is 1.58. The fourth-order valence-electron chi connectivity index (χ4n) is 1.58. The van der Waals surface area contributed by atoms with Crippen molar-refractivity contribution in [1.29, 1.82) is 0 Å². The van der Waals surface area contributed by atoms with E-state index < -0.39 is 0 Å². The first-order valence-corrected chi connectivity index (χ1v) is 6.25. The van der Waals surface area contributed by atoms with Gasteiger partial charge in [0.15, 0.2) is 5.78 Å². The summed E-state index contributed by atoms with van der Waals surface area (Å²) in [5.41, 5.74) is 6.71. The zero-order chi connectivity index (χ0) is 14.1. The molecule has 106 valence electrons. The number of carbonyl (C=O) groups excluding carboxylic acids is 1. The summed E-state index contributed by atoms with van der Waals surface area (Å²) in [7, 11) is 1.66. The number of Topliss-reactive ketones (excluding diaryl/α,β-unsaturated/α-hetero) is 1. The Labute approximate surface area is 113 Å². The summed E-state index contributed by atoms with van der Waals surface area (Å²) >= 11 is 0. The highest BCUT2D eigenvalue weighted by molar-refractivity contribution is 5.99. The van der Waals surface area contributed by atoms with Crippen LogP contribution in [0.1, 0.15) is 23.7 Å². The van der Waals surface area contributed by atoms with Gasteiger partial charge in [-0.3, -0.25) is 4.79 Å². The largest absolute Gasteiger partial charge is 0.491 e. The average Bonchev–Trinajstić information content (AvgIpc) is 2.37. The highest BCUT2D eigenvalue weighted by Crippen LogP contribution is 2.20. The first kappa shape index (κ1) is 15.5. The number of hydrogen-bond acceptors (Lipinski definition) is 5. The van der Waals surface area contributed by atoms with Crippen molar-refractivity contribution in [2.45, 2.75) is 13.3 Å². The van der Waals surface area contributed by atoms with Crippen LogP contribution in [0.5, 0.6) is 5.75 Å². The van der Waals surface area contributed by atoms with E-state index in [1.807, 2.05) is 0 Å². The predicted molar refractivity (Wildman–Crippen MR) is 73.7 cm³/mol. The molecule has 0 fully saturated rings. The Hall–Kier alpha value is -1.59. The van der Waals surface area contributed by atoms with Crippen molar-refractivity contribution in [3.05, 3.63) is 23.8 Å². The second kappa shape index (κ2) is 8.50. The van der Waals surface area contributed by atoms with Crippen molar-refractivity contribution in [2.24, 2.45) is 0 Å². The zero-order valence-electron chi connectivity index (χ0n) is 11.5. The van der Waals surface area contributed by atoms with Gasteiger partial charge in [0, 0.05) is 37.6 Å². The van der Waals surface area contributed by atoms with E-state index in [1.54, 1.807) is 25.3 Å². The molecule has 0 heterocycles. The lowest BCUT2D eigenvalue weighted by Gasteiger charge is -2.09. The molecule has 0 atom stereocenters. The third-order valence-corrected chi connectivity index (χ3v) is 2.54. The number of ketones is 1. The monoisotopic (exact) mass is 267 g/mol. The number of anilines is 1. The van der Waals surface area contributed by atoms with Gasteiger partial charge in [0.25, 0.3) is 0 Å². The van der Waals surface area contributed by atoms with Crippen LogP contribution in [-0.2, 0) is 9.47 Å². The highest BCUT2D eigenvalue weighted by atomic mass is 16.5. The number of benzene rings is 1. The van der Waals surface area contributed by atoms with Crippen molar-refractivity contribution in [2.75, 3.05) is 39.3 Å². The lowest BCUT2D eigenvalue weighted by molar-refractivity contribution is 0.0806. The van der Waals surface area contributed by atoms with Gasteiger partial charge >= 0.3 is 0 Å². The summed E-state index contributed by atoms with van der Waals surface area (Å²) in [6.07, 6.45) is 0.872. The molecule has 0 aliphatic heterocycles. The number of hydrogen-bond donors (Lipinski definition) is 1. The van der Waals surface area contributed by atoms with Crippen LogP contribution in [0.4, 0.5) is 5.69 Å². The molecule has 0 spiro atoms. The Kier molecular flexibility index (Phi) is 6.92. The van der Waals surface area contributed by atoms with E-state index in [0.717, 1.165) is 6.42 Å². The fraction of sp³-hybridized carbons (Fsp3) is 0.500. The average molecular weight is 267 g/mol. The van der Waals surface area contributed by atoms with Crippen molar-refractivity contribution in [1.82, 2.24) is 0 Å². The first-order valence-electron chi connectivity index (χ1n) is 6.25. The van der Waals surface area contributed by atoms with Crippen molar-refractivity contribution in [3.8, 4) is 5.75 Å². The van der Waals surface area contributed by atoms with Gasteiger partial charge < -0.3 is 19.9 Å². The topological polar surface area (TPSA) is 70.8 Å². The van der Waals surface area contributed by atoms with Crippen LogP contribution in [0.3, 0.4) is 0 Å². The van der Waals surface area contributed by atoms with Crippen LogP contribution in [0.2, 0.25) is 0 Å². The van der Waals surface area contributed by atoms with Crippen LogP contribution in [0.15, 0.2) is 18.2 Å². The lowest BCUT2D eigenvalue weighted by Crippen LogP contribution is -2.09. The van der Waals surface area contributed by atoms with Crippen molar-refractivity contribution in [3.63, 3.8) is 0 Å². The van der Waals surface area contributed by atoms with Gasteiger partial charge in [-0.25, -0.2) is 0 Å². The van der Waals surface area contributed by atoms with E-state index in [9.17, 15) is 4.79 Å². The third-order valence-electron chi connectivity index (χ3n) is 2.54. The minimum atomic E-state index is -0.0504. The number of methoxy groups -OCH3 is 1. The molecule has 1 aromatic rings. The summed E-state index contributed by atoms with van der Waals surface area (Å²) in [6, 6.07) is 5.06.